The van der Waals surface area contributed by atoms with Crippen molar-refractivity contribution in [3.05, 3.63) is 156 Å². The molecule has 0 aliphatic rings. The number of para-hydroxylation sites is 1. The summed E-state index contributed by atoms with van der Waals surface area (Å²) in [6, 6.07) is 42.9. The van der Waals surface area contributed by atoms with Crippen LogP contribution >= 0.6 is 0 Å². The molecule has 4 aromatic heterocycles. The highest BCUT2D eigenvalue weighted by Crippen LogP contribution is 2.40. The number of hydrogen-bond donors (Lipinski definition) is 0. The predicted molar refractivity (Wildman–Crippen MR) is 220 cm³/mol. The van der Waals surface area contributed by atoms with Crippen molar-refractivity contribution in [2.24, 2.45) is 0 Å². The average molecular weight is 691 g/mol. The standard InChI is InChI=1S/C48H42N4O/c1-29(2)34-22-31(5)47-41(25-34)42-26-35(30(3)4)23-32(6)48(42)51(47)36-19-21-50-46(27-36)52-44-16-8-7-14-39(44)40-18-17-38(28-45(40)52)53-37-13-11-12-33(24-37)43-15-9-10-20-49-43/h7-30H,1-6H3. The Morgan fingerprint density at radius 3 is 1.89 bits per heavy atom. The summed E-state index contributed by atoms with van der Waals surface area (Å²) >= 11 is 0. The molecule has 0 atom stereocenters. The van der Waals surface area contributed by atoms with Gasteiger partial charge in [0.1, 0.15) is 17.3 Å². The Bertz CT molecular complexity index is 2770. The quantitative estimate of drug-likeness (QED) is 0.167. The molecule has 0 spiro atoms. The van der Waals surface area contributed by atoms with Gasteiger partial charge in [0.2, 0.25) is 0 Å². The summed E-state index contributed by atoms with van der Waals surface area (Å²) in [5, 5.41) is 4.93. The van der Waals surface area contributed by atoms with Crippen molar-refractivity contribution >= 4 is 43.6 Å². The summed E-state index contributed by atoms with van der Waals surface area (Å²) in [5.41, 5.74) is 12.9. The molecular formula is C48H42N4O. The first-order valence-electron chi connectivity index (χ1n) is 18.5. The molecule has 0 saturated heterocycles. The largest absolute Gasteiger partial charge is 0.457 e. The highest BCUT2D eigenvalue weighted by atomic mass is 16.5. The number of rotatable bonds is 7. The predicted octanol–water partition coefficient (Wildman–Crippen LogP) is 13.0. The van der Waals surface area contributed by atoms with Gasteiger partial charge in [-0.05, 0) is 109 Å². The Morgan fingerprint density at radius 1 is 0.509 bits per heavy atom. The van der Waals surface area contributed by atoms with Crippen molar-refractivity contribution in [3.63, 3.8) is 0 Å². The summed E-state index contributed by atoms with van der Waals surface area (Å²) in [6.07, 6.45) is 3.76. The van der Waals surface area contributed by atoms with Gasteiger partial charge < -0.3 is 9.30 Å². The van der Waals surface area contributed by atoms with E-state index in [-0.39, 0.29) is 0 Å². The number of benzene rings is 5. The molecule has 0 amide bonds. The van der Waals surface area contributed by atoms with Crippen LogP contribution in [0.3, 0.4) is 0 Å². The van der Waals surface area contributed by atoms with Gasteiger partial charge >= 0.3 is 0 Å². The fourth-order valence-corrected chi connectivity index (χ4v) is 7.97. The monoisotopic (exact) mass is 690 g/mol. The molecule has 0 aliphatic heterocycles. The first-order chi connectivity index (χ1) is 25.7. The summed E-state index contributed by atoms with van der Waals surface area (Å²) < 4.78 is 11.3. The van der Waals surface area contributed by atoms with Gasteiger partial charge in [-0.25, -0.2) is 4.98 Å². The first kappa shape index (κ1) is 32.7. The Labute approximate surface area is 310 Å². The van der Waals surface area contributed by atoms with Crippen LogP contribution in [0.25, 0.3) is 66.4 Å². The maximum Gasteiger partial charge on any atom is 0.139 e. The zero-order chi connectivity index (χ0) is 36.4. The number of aromatic nitrogens is 4. The maximum atomic E-state index is 6.53. The van der Waals surface area contributed by atoms with Crippen LogP contribution in [0.15, 0.2) is 134 Å². The van der Waals surface area contributed by atoms with Crippen molar-refractivity contribution in [2.75, 3.05) is 0 Å². The van der Waals surface area contributed by atoms with Crippen LogP contribution in [0.4, 0.5) is 0 Å². The van der Waals surface area contributed by atoms with E-state index in [4.69, 9.17) is 9.72 Å². The Balaban J connectivity index is 1.23. The molecular weight excluding hydrogens is 649 g/mol. The topological polar surface area (TPSA) is 44.9 Å². The molecule has 9 rings (SSSR count). The molecule has 5 aromatic carbocycles. The fourth-order valence-electron chi connectivity index (χ4n) is 7.97. The van der Waals surface area contributed by atoms with Crippen molar-refractivity contribution in [1.82, 2.24) is 19.1 Å². The van der Waals surface area contributed by atoms with E-state index in [0.717, 1.165) is 50.7 Å². The number of hydrogen-bond acceptors (Lipinski definition) is 3. The van der Waals surface area contributed by atoms with Gasteiger partial charge in [-0.15, -0.1) is 0 Å². The van der Waals surface area contributed by atoms with Crippen LogP contribution in [-0.4, -0.2) is 19.1 Å². The molecule has 4 heterocycles. The van der Waals surface area contributed by atoms with Crippen molar-refractivity contribution < 1.29 is 4.74 Å². The van der Waals surface area contributed by atoms with E-state index in [1.807, 2.05) is 48.8 Å². The third kappa shape index (κ3) is 5.55. The van der Waals surface area contributed by atoms with Crippen LogP contribution in [0.1, 0.15) is 61.8 Å². The van der Waals surface area contributed by atoms with Gasteiger partial charge in [-0.3, -0.25) is 9.55 Å². The van der Waals surface area contributed by atoms with Crippen molar-refractivity contribution in [2.45, 2.75) is 53.4 Å². The number of aryl methyl sites for hydroxylation is 2. The normalized spacial score (nSPS) is 11.9. The van der Waals surface area contributed by atoms with E-state index in [0.29, 0.717) is 11.8 Å². The van der Waals surface area contributed by atoms with E-state index in [1.54, 1.807) is 0 Å². The second kappa shape index (κ2) is 12.8. The lowest BCUT2D eigenvalue weighted by Crippen LogP contribution is -2.02. The van der Waals surface area contributed by atoms with E-state index in [1.165, 1.54) is 49.4 Å². The molecule has 0 aliphatic carbocycles. The zero-order valence-corrected chi connectivity index (χ0v) is 31.1. The van der Waals surface area contributed by atoms with Gasteiger partial charge in [-0.2, -0.15) is 0 Å². The molecule has 0 N–H and O–H groups in total. The summed E-state index contributed by atoms with van der Waals surface area (Å²) in [6.45, 7) is 13.6. The minimum atomic E-state index is 0.437. The van der Waals surface area contributed by atoms with Crippen LogP contribution in [0.2, 0.25) is 0 Å². The number of ether oxygens (including phenoxy) is 1. The second-order valence-corrected chi connectivity index (χ2v) is 14.9. The van der Waals surface area contributed by atoms with Gasteiger partial charge in [0.15, 0.2) is 0 Å². The Kier molecular flexibility index (Phi) is 7.88. The molecule has 5 heteroatoms. The molecule has 260 valence electrons. The van der Waals surface area contributed by atoms with Crippen LogP contribution in [0, 0.1) is 13.8 Å². The van der Waals surface area contributed by atoms with E-state index in [2.05, 4.69) is 141 Å². The van der Waals surface area contributed by atoms with E-state index < -0.39 is 0 Å². The molecule has 0 bridgehead atoms. The summed E-state index contributed by atoms with van der Waals surface area (Å²) in [5.74, 6) is 3.24. The van der Waals surface area contributed by atoms with Crippen LogP contribution in [0.5, 0.6) is 11.5 Å². The van der Waals surface area contributed by atoms with Crippen molar-refractivity contribution in [3.8, 4) is 34.3 Å². The lowest BCUT2D eigenvalue weighted by Gasteiger charge is -2.15. The summed E-state index contributed by atoms with van der Waals surface area (Å²) in [7, 11) is 0. The average Bonchev–Trinajstić information content (AvgIpc) is 3.69. The van der Waals surface area contributed by atoms with Gasteiger partial charge in [0.05, 0.1) is 33.4 Å². The SMILES string of the molecule is Cc1cc(C(C)C)cc2c3cc(C(C)C)cc(C)c3n(-c3ccnc(-n4c5ccccc5c5ccc(Oc6cccc(-c7ccccn7)c6)cc54)c3)c12. The highest BCUT2D eigenvalue weighted by molar-refractivity contribution is 6.12. The molecule has 0 fully saturated rings. The number of pyridine rings is 2. The minimum Gasteiger partial charge on any atom is -0.457 e. The molecule has 0 saturated carbocycles. The maximum absolute atomic E-state index is 6.53. The number of nitrogens with zero attached hydrogens (tertiary/aromatic N) is 4. The zero-order valence-electron chi connectivity index (χ0n) is 31.1. The number of fused-ring (bicyclic) bond motifs is 6. The summed E-state index contributed by atoms with van der Waals surface area (Å²) in [4.78, 5) is 9.56. The molecule has 53 heavy (non-hydrogen) atoms. The fraction of sp³-hybridized carbons (Fsp3) is 0.167. The van der Waals surface area contributed by atoms with Crippen LogP contribution in [-0.2, 0) is 0 Å². The van der Waals surface area contributed by atoms with E-state index in [9.17, 15) is 0 Å². The lowest BCUT2D eigenvalue weighted by atomic mass is 9.95. The second-order valence-electron chi connectivity index (χ2n) is 14.9. The van der Waals surface area contributed by atoms with E-state index >= 15 is 0 Å². The minimum absolute atomic E-state index is 0.437. The molecule has 9 aromatic rings. The van der Waals surface area contributed by atoms with Crippen molar-refractivity contribution in [1.29, 1.82) is 0 Å². The Hall–Kier alpha value is -6.20. The third-order valence-corrected chi connectivity index (χ3v) is 10.6. The first-order valence-corrected chi connectivity index (χ1v) is 18.5. The highest BCUT2D eigenvalue weighted by Gasteiger charge is 2.21. The smallest absolute Gasteiger partial charge is 0.139 e. The Morgan fingerprint density at radius 2 is 1.19 bits per heavy atom. The third-order valence-electron chi connectivity index (χ3n) is 10.6. The van der Waals surface area contributed by atoms with Gasteiger partial charge in [0.25, 0.3) is 0 Å². The van der Waals surface area contributed by atoms with Crippen LogP contribution < -0.4 is 4.74 Å². The van der Waals surface area contributed by atoms with Gasteiger partial charge in [-0.1, -0.05) is 76.2 Å². The molecule has 5 nitrogen and oxygen atoms in total. The molecule has 0 unspecified atom stereocenters. The lowest BCUT2D eigenvalue weighted by molar-refractivity contribution is 0.483. The molecule has 0 radical (unpaired) electrons. The van der Waals surface area contributed by atoms with Gasteiger partial charge in [0, 0.05) is 51.6 Å².